The number of allylic oxidation sites excluding steroid dienone is 1. The second-order valence-electron chi connectivity index (χ2n) is 17.0. The molecule has 5 aliphatic carbocycles. The Morgan fingerprint density at radius 3 is 2.17 bits per heavy atom. The van der Waals surface area contributed by atoms with Gasteiger partial charge in [-0.3, -0.25) is 4.79 Å². The average molecular weight is 545 g/mol. The first-order valence-corrected chi connectivity index (χ1v) is 16.6. The molecule has 5 aliphatic rings. The number of Topliss-reactive ketones (excluding diaryl/α,β-unsaturated/α-hetero) is 1. The Labute approximate surface area is 245 Å². The monoisotopic (exact) mass is 544 g/mol. The number of carbonyl (C=O) groups is 1. The van der Waals surface area contributed by atoms with E-state index in [1.165, 1.54) is 51.4 Å². The van der Waals surface area contributed by atoms with Crippen LogP contribution in [0.3, 0.4) is 0 Å². The lowest BCUT2D eigenvalue weighted by Gasteiger charge is -2.72. The zero-order valence-electron chi connectivity index (χ0n) is 27.0. The fourth-order valence-corrected chi connectivity index (χ4v) is 12.6. The fourth-order valence-electron chi connectivity index (χ4n) is 12.6. The second kappa shape index (κ2) is 9.21. The highest BCUT2D eigenvalue weighted by atomic mass is 16.5. The van der Waals surface area contributed by atoms with Gasteiger partial charge in [0.2, 0.25) is 0 Å². The molecule has 1 aromatic carbocycles. The molecule has 0 unspecified atom stereocenters. The SMILES string of the molecule is COc1ccc(/C=C2/C[C@@]3(C)[C@@H](CC[C@]4(C)[C@H]3CC[C@@H]3[C@H]5[C@H](C(C)C)CC[C@@]5(C)CC[C@]34C)C(C)(C)C2=O)cc1. The van der Waals surface area contributed by atoms with Crippen molar-refractivity contribution >= 4 is 11.9 Å². The van der Waals surface area contributed by atoms with Crippen molar-refractivity contribution in [1.82, 2.24) is 0 Å². The molecule has 220 valence electrons. The quantitative estimate of drug-likeness (QED) is 0.354. The molecule has 5 saturated carbocycles. The van der Waals surface area contributed by atoms with E-state index in [0.717, 1.165) is 47.0 Å². The third kappa shape index (κ3) is 3.75. The van der Waals surface area contributed by atoms with Crippen LogP contribution in [0.4, 0.5) is 0 Å². The van der Waals surface area contributed by atoms with Crippen LogP contribution in [0, 0.1) is 62.6 Å². The summed E-state index contributed by atoms with van der Waals surface area (Å²) in [6.07, 6.45) is 14.1. The zero-order valence-corrected chi connectivity index (χ0v) is 27.0. The molecule has 0 aromatic heterocycles. The minimum Gasteiger partial charge on any atom is -0.497 e. The van der Waals surface area contributed by atoms with Crippen LogP contribution in [0.2, 0.25) is 0 Å². The molecule has 6 rings (SSSR count). The maximum atomic E-state index is 14.1. The molecule has 0 amide bonds. The number of fused-ring (bicyclic) bond motifs is 7. The number of hydrogen-bond donors (Lipinski definition) is 0. The molecular weight excluding hydrogens is 488 g/mol. The Bertz CT molecular complexity index is 1190. The summed E-state index contributed by atoms with van der Waals surface area (Å²) in [5.74, 6) is 5.82. The highest BCUT2D eigenvalue weighted by molar-refractivity contribution is 6.04. The fraction of sp³-hybridized carbons (Fsp3) is 0.763. The van der Waals surface area contributed by atoms with Crippen LogP contribution >= 0.6 is 0 Å². The van der Waals surface area contributed by atoms with Gasteiger partial charge in [0.05, 0.1) is 7.11 Å². The number of carbonyl (C=O) groups excluding carboxylic acids is 1. The average Bonchev–Trinajstić information content (AvgIpc) is 3.26. The van der Waals surface area contributed by atoms with E-state index in [1.807, 2.05) is 12.1 Å². The van der Waals surface area contributed by atoms with E-state index in [1.54, 1.807) is 7.11 Å². The van der Waals surface area contributed by atoms with Crippen LogP contribution in [-0.2, 0) is 4.79 Å². The summed E-state index contributed by atoms with van der Waals surface area (Å²) in [6, 6.07) is 8.23. The first kappa shape index (κ1) is 28.5. The highest BCUT2D eigenvalue weighted by Gasteiger charge is 2.70. The predicted molar refractivity (Wildman–Crippen MR) is 166 cm³/mol. The minimum atomic E-state index is -0.316. The first-order valence-electron chi connectivity index (χ1n) is 16.6. The van der Waals surface area contributed by atoms with Gasteiger partial charge in [0.25, 0.3) is 0 Å². The number of ketones is 1. The molecule has 0 bridgehead atoms. The molecule has 0 heterocycles. The standard InChI is InChI=1S/C38H56O2/c1-24(2)28-16-18-35(5)20-21-37(7)29(32(28)35)14-15-31-36(6)23-26(22-25-10-12-27(40-9)13-11-25)33(39)34(3,4)30(36)17-19-38(31,37)8/h10-13,22,24,28-32H,14-21,23H2,1-9H3/b26-22-/t28-,29+,30-,31-,32+,35-,36-,37+,38+/m0/s1. The van der Waals surface area contributed by atoms with Gasteiger partial charge in [0.1, 0.15) is 5.75 Å². The van der Waals surface area contributed by atoms with Gasteiger partial charge >= 0.3 is 0 Å². The Morgan fingerprint density at radius 2 is 1.52 bits per heavy atom. The summed E-state index contributed by atoms with van der Waals surface area (Å²) in [5.41, 5.74) is 3.30. The van der Waals surface area contributed by atoms with Gasteiger partial charge in [-0.2, -0.15) is 0 Å². The summed E-state index contributed by atoms with van der Waals surface area (Å²) in [7, 11) is 1.71. The Balaban J connectivity index is 1.38. The van der Waals surface area contributed by atoms with E-state index < -0.39 is 0 Å². The summed E-state index contributed by atoms with van der Waals surface area (Å²) < 4.78 is 5.39. The van der Waals surface area contributed by atoms with Crippen molar-refractivity contribution in [3.8, 4) is 5.75 Å². The molecule has 9 atom stereocenters. The van der Waals surface area contributed by atoms with Crippen molar-refractivity contribution < 1.29 is 9.53 Å². The van der Waals surface area contributed by atoms with Crippen LogP contribution in [0.25, 0.3) is 6.08 Å². The summed E-state index contributed by atoms with van der Waals surface area (Å²) in [5, 5.41) is 0. The molecule has 2 heteroatoms. The van der Waals surface area contributed by atoms with Crippen LogP contribution in [0.5, 0.6) is 5.75 Å². The maximum Gasteiger partial charge on any atom is 0.164 e. The lowest BCUT2D eigenvalue weighted by Crippen LogP contribution is -2.66. The third-order valence-electron chi connectivity index (χ3n) is 14.8. The van der Waals surface area contributed by atoms with Crippen molar-refractivity contribution in [2.45, 2.75) is 113 Å². The Morgan fingerprint density at radius 1 is 0.825 bits per heavy atom. The first-order chi connectivity index (χ1) is 18.7. The number of ether oxygens (including phenoxy) is 1. The van der Waals surface area contributed by atoms with E-state index in [0.29, 0.717) is 33.9 Å². The summed E-state index contributed by atoms with van der Waals surface area (Å²) in [4.78, 5) is 14.1. The van der Waals surface area contributed by atoms with Crippen LogP contribution in [-0.4, -0.2) is 12.9 Å². The molecule has 1 aromatic rings. The largest absolute Gasteiger partial charge is 0.497 e. The molecule has 5 fully saturated rings. The Hall–Kier alpha value is -1.57. The molecule has 40 heavy (non-hydrogen) atoms. The van der Waals surface area contributed by atoms with Gasteiger partial charge in [-0.05, 0) is 144 Å². The smallest absolute Gasteiger partial charge is 0.164 e. The normalized spacial score (nSPS) is 46.9. The van der Waals surface area contributed by atoms with E-state index in [4.69, 9.17) is 4.74 Å². The van der Waals surface area contributed by atoms with Crippen molar-refractivity contribution in [3.05, 3.63) is 35.4 Å². The number of methoxy groups -OCH3 is 1. The molecule has 0 radical (unpaired) electrons. The number of hydrogen-bond acceptors (Lipinski definition) is 2. The zero-order chi connectivity index (χ0) is 28.9. The van der Waals surface area contributed by atoms with Crippen molar-refractivity contribution in [1.29, 1.82) is 0 Å². The maximum absolute atomic E-state index is 14.1. The van der Waals surface area contributed by atoms with E-state index in [2.05, 4.69) is 73.6 Å². The van der Waals surface area contributed by atoms with Gasteiger partial charge < -0.3 is 4.74 Å². The van der Waals surface area contributed by atoms with Gasteiger partial charge in [0, 0.05) is 5.41 Å². The van der Waals surface area contributed by atoms with Gasteiger partial charge in [-0.25, -0.2) is 0 Å². The second-order valence-corrected chi connectivity index (χ2v) is 17.0. The lowest BCUT2D eigenvalue weighted by molar-refractivity contribution is -0.230. The molecule has 0 aliphatic heterocycles. The number of rotatable bonds is 3. The van der Waals surface area contributed by atoms with Gasteiger partial charge in [-0.15, -0.1) is 0 Å². The highest BCUT2D eigenvalue weighted by Crippen LogP contribution is 2.77. The van der Waals surface area contributed by atoms with E-state index >= 15 is 0 Å². The summed E-state index contributed by atoms with van der Waals surface area (Å²) in [6.45, 7) is 20.3. The number of benzene rings is 1. The Kier molecular flexibility index (Phi) is 6.57. The van der Waals surface area contributed by atoms with Crippen LogP contribution in [0.1, 0.15) is 119 Å². The van der Waals surface area contributed by atoms with E-state index in [-0.39, 0.29) is 10.8 Å². The predicted octanol–water partition coefficient (Wildman–Crippen LogP) is 10.0. The third-order valence-corrected chi connectivity index (χ3v) is 14.8. The molecule has 0 spiro atoms. The molecular formula is C38H56O2. The van der Waals surface area contributed by atoms with Crippen LogP contribution < -0.4 is 4.74 Å². The van der Waals surface area contributed by atoms with Gasteiger partial charge in [0.15, 0.2) is 5.78 Å². The topological polar surface area (TPSA) is 26.3 Å². The van der Waals surface area contributed by atoms with Gasteiger partial charge in [-0.1, -0.05) is 67.5 Å². The van der Waals surface area contributed by atoms with E-state index in [9.17, 15) is 4.79 Å². The summed E-state index contributed by atoms with van der Waals surface area (Å²) >= 11 is 0. The molecule has 0 N–H and O–H groups in total. The van der Waals surface area contributed by atoms with Crippen molar-refractivity contribution in [2.24, 2.45) is 62.6 Å². The molecule has 0 saturated heterocycles. The van der Waals surface area contributed by atoms with Crippen molar-refractivity contribution in [3.63, 3.8) is 0 Å². The molecule has 2 nitrogen and oxygen atoms in total. The van der Waals surface area contributed by atoms with Crippen molar-refractivity contribution in [2.75, 3.05) is 7.11 Å². The minimum absolute atomic E-state index is 0.157. The van der Waals surface area contributed by atoms with Crippen LogP contribution in [0.15, 0.2) is 29.8 Å². The lowest BCUT2D eigenvalue weighted by atomic mass is 9.32.